The zero-order valence-corrected chi connectivity index (χ0v) is 12.0. The minimum atomic E-state index is -3.87. The summed E-state index contributed by atoms with van der Waals surface area (Å²) in [5, 5.41) is 0. The second-order valence-electron chi connectivity index (χ2n) is 3.51. The molecule has 0 fully saturated rings. The van der Waals surface area contributed by atoms with Crippen LogP contribution in [0.25, 0.3) is 0 Å². The number of ether oxygens (including phenoxy) is 1. The van der Waals surface area contributed by atoms with Gasteiger partial charge < -0.3 is 4.74 Å². The fourth-order valence-corrected chi connectivity index (χ4v) is 2.66. The molecular formula is C11H15O5PS. The highest BCUT2D eigenvalue weighted by atomic mass is 32.2. The standard InChI is InChI=1S/C11H15O5PS/c1-3-15-10-8-9(2)4-5-11(10)18(13,14)16-6-7-17-12/h4-5,8H,3,6-7H2,1-2H3. The minimum absolute atomic E-state index is 0.00230. The Bertz CT molecular complexity index is 512. The van der Waals surface area contributed by atoms with Crippen LogP contribution < -0.4 is 4.74 Å². The third kappa shape index (κ3) is 4.05. The molecule has 7 heteroatoms. The van der Waals surface area contributed by atoms with E-state index in [4.69, 9.17) is 8.92 Å². The van der Waals surface area contributed by atoms with E-state index in [0.717, 1.165) is 5.56 Å². The fourth-order valence-electron chi connectivity index (χ4n) is 1.34. The first-order valence-corrected chi connectivity index (χ1v) is 7.84. The fraction of sp³-hybridized carbons (Fsp3) is 0.455. The second-order valence-corrected chi connectivity index (χ2v) is 5.80. The molecule has 0 N–H and O–H groups in total. The van der Waals surface area contributed by atoms with Crippen LogP contribution in [0.4, 0.5) is 0 Å². The summed E-state index contributed by atoms with van der Waals surface area (Å²) in [5.74, 6) is 0.275. The Labute approximate surface area is 108 Å². The normalized spacial score (nSPS) is 11.7. The van der Waals surface area contributed by atoms with Gasteiger partial charge in [0.2, 0.25) is 0 Å². The van der Waals surface area contributed by atoms with E-state index in [9.17, 15) is 13.0 Å². The summed E-state index contributed by atoms with van der Waals surface area (Å²) in [5.41, 5.74) is 0.899. The number of benzene rings is 1. The number of hydrogen-bond acceptors (Lipinski definition) is 5. The van der Waals surface area contributed by atoms with Crippen molar-refractivity contribution in [2.24, 2.45) is 0 Å². The lowest BCUT2D eigenvalue weighted by atomic mass is 10.2. The molecule has 0 aliphatic heterocycles. The number of aryl methyl sites for hydroxylation is 1. The van der Waals surface area contributed by atoms with Crippen LogP contribution in [0.5, 0.6) is 5.75 Å². The molecule has 18 heavy (non-hydrogen) atoms. The van der Waals surface area contributed by atoms with Crippen molar-refractivity contribution >= 4 is 18.6 Å². The molecular weight excluding hydrogens is 275 g/mol. The number of hydrogen-bond donors (Lipinski definition) is 0. The van der Waals surface area contributed by atoms with E-state index in [-0.39, 0.29) is 31.9 Å². The molecule has 1 rings (SSSR count). The van der Waals surface area contributed by atoms with Crippen molar-refractivity contribution in [3.8, 4) is 5.75 Å². The molecule has 0 heterocycles. The largest absolute Gasteiger partial charge is 0.492 e. The van der Waals surface area contributed by atoms with E-state index in [1.165, 1.54) is 6.07 Å². The van der Waals surface area contributed by atoms with Gasteiger partial charge in [0, 0.05) is 0 Å². The van der Waals surface area contributed by atoms with E-state index in [1.807, 2.05) is 6.92 Å². The lowest BCUT2D eigenvalue weighted by molar-refractivity contribution is 0.316. The summed E-state index contributed by atoms with van der Waals surface area (Å²) in [6.45, 7) is 3.87. The molecule has 0 atom stereocenters. The van der Waals surface area contributed by atoms with Crippen LogP contribution in [0.1, 0.15) is 12.5 Å². The van der Waals surface area contributed by atoms with Gasteiger partial charge in [-0.3, -0.25) is 8.75 Å². The molecule has 0 radical (unpaired) electrons. The van der Waals surface area contributed by atoms with Crippen molar-refractivity contribution in [1.29, 1.82) is 0 Å². The van der Waals surface area contributed by atoms with Crippen molar-refractivity contribution < 1.29 is 21.9 Å². The Balaban J connectivity index is 3.03. The van der Waals surface area contributed by atoms with E-state index in [1.54, 1.807) is 19.1 Å². The van der Waals surface area contributed by atoms with E-state index in [2.05, 4.69) is 0 Å². The molecule has 0 saturated carbocycles. The first-order chi connectivity index (χ1) is 8.51. The molecule has 0 bridgehead atoms. The lowest BCUT2D eigenvalue weighted by Gasteiger charge is -2.11. The molecule has 0 amide bonds. The predicted molar refractivity (Wildman–Crippen MR) is 68.0 cm³/mol. The van der Waals surface area contributed by atoms with Crippen LogP contribution in [-0.4, -0.2) is 27.8 Å². The molecule has 0 aliphatic carbocycles. The van der Waals surface area contributed by atoms with Crippen LogP contribution >= 0.6 is 8.46 Å². The summed E-state index contributed by atoms with van der Waals surface area (Å²) in [6.07, 6.45) is 0.134. The summed E-state index contributed by atoms with van der Waals surface area (Å²) in [7, 11) is -4.02. The highest BCUT2D eigenvalue weighted by Gasteiger charge is 2.20. The molecule has 0 aliphatic rings. The maximum atomic E-state index is 11.9. The molecule has 0 unspecified atom stereocenters. The SMILES string of the molecule is CCOc1cc(C)ccc1S(=O)(=O)OCCP=O. The van der Waals surface area contributed by atoms with Crippen molar-refractivity contribution in [2.45, 2.75) is 18.7 Å². The number of rotatable bonds is 7. The van der Waals surface area contributed by atoms with E-state index < -0.39 is 10.1 Å². The van der Waals surface area contributed by atoms with Gasteiger partial charge in [0.25, 0.3) is 0 Å². The first kappa shape index (κ1) is 15.1. The molecule has 1 aromatic rings. The molecule has 1 aromatic carbocycles. The molecule has 5 nitrogen and oxygen atoms in total. The van der Waals surface area contributed by atoms with Crippen LogP contribution in [0, 0.1) is 6.92 Å². The molecule has 0 spiro atoms. The second kappa shape index (κ2) is 6.83. The Morgan fingerprint density at radius 3 is 2.67 bits per heavy atom. The summed E-state index contributed by atoms with van der Waals surface area (Å²) in [4.78, 5) is -0.00230. The molecule has 100 valence electrons. The third-order valence-electron chi connectivity index (χ3n) is 2.09. The topological polar surface area (TPSA) is 69.7 Å². The van der Waals surface area contributed by atoms with Crippen molar-refractivity contribution in [2.75, 3.05) is 19.4 Å². The van der Waals surface area contributed by atoms with Gasteiger partial charge >= 0.3 is 10.1 Å². The lowest BCUT2D eigenvalue weighted by Crippen LogP contribution is -2.10. The van der Waals surface area contributed by atoms with Gasteiger partial charge in [-0.15, -0.1) is 0 Å². The van der Waals surface area contributed by atoms with Gasteiger partial charge in [-0.25, -0.2) is 0 Å². The van der Waals surface area contributed by atoms with Gasteiger partial charge in [0.05, 0.1) is 19.4 Å². The van der Waals surface area contributed by atoms with Gasteiger partial charge in [0.1, 0.15) is 10.6 Å². The minimum Gasteiger partial charge on any atom is -0.492 e. The van der Waals surface area contributed by atoms with Crippen LogP contribution in [-0.2, 0) is 18.9 Å². The first-order valence-electron chi connectivity index (χ1n) is 5.43. The smallest absolute Gasteiger partial charge is 0.300 e. The van der Waals surface area contributed by atoms with Gasteiger partial charge in [0.15, 0.2) is 8.46 Å². The van der Waals surface area contributed by atoms with Crippen molar-refractivity contribution in [3.05, 3.63) is 23.8 Å². The van der Waals surface area contributed by atoms with Gasteiger partial charge in [-0.2, -0.15) is 8.42 Å². The molecule has 0 saturated heterocycles. The Kier molecular flexibility index (Phi) is 5.72. The highest BCUT2D eigenvalue weighted by molar-refractivity contribution is 7.86. The van der Waals surface area contributed by atoms with E-state index in [0.29, 0.717) is 6.61 Å². The average molecular weight is 290 g/mol. The monoisotopic (exact) mass is 290 g/mol. The maximum Gasteiger partial charge on any atom is 0.300 e. The average Bonchev–Trinajstić information content (AvgIpc) is 2.29. The Hall–Kier alpha value is -0.970. The van der Waals surface area contributed by atoms with E-state index >= 15 is 0 Å². The van der Waals surface area contributed by atoms with Crippen LogP contribution in [0.3, 0.4) is 0 Å². The third-order valence-corrected chi connectivity index (χ3v) is 3.81. The van der Waals surface area contributed by atoms with Crippen LogP contribution in [0.2, 0.25) is 0 Å². The van der Waals surface area contributed by atoms with Crippen molar-refractivity contribution in [3.63, 3.8) is 0 Å². The van der Waals surface area contributed by atoms with Gasteiger partial charge in [-0.05, 0) is 31.5 Å². The van der Waals surface area contributed by atoms with Crippen LogP contribution in [0.15, 0.2) is 23.1 Å². The molecule has 0 aromatic heterocycles. The Morgan fingerprint density at radius 1 is 1.33 bits per heavy atom. The predicted octanol–water partition coefficient (Wildman–Crippen LogP) is 2.39. The summed E-state index contributed by atoms with van der Waals surface area (Å²) < 4.78 is 44.1. The maximum absolute atomic E-state index is 11.9. The van der Waals surface area contributed by atoms with Crippen molar-refractivity contribution in [1.82, 2.24) is 0 Å². The summed E-state index contributed by atoms with van der Waals surface area (Å²) in [6, 6.07) is 4.76. The summed E-state index contributed by atoms with van der Waals surface area (Å²) >= 11 is 0. The van der Waals surface area contributed by atoms with Gasteiger partial charge in [-0.1, -0.05) is 6.07 Å². The highest BCUT2D eigenvalue weighted by Crippen LogP contribution is 2.26. The zero-order valence-electron chi connectivity index (χ0n) is 10.3. The quantitative estimate of drug-likeness (QED) is 0.438. The Morgan fingerprint density at radius 2 is 2.06 bits per heavy atom. The zero-order chi connectivity index (χ0) is 13.6.